The number of nitrogens with two attached hydrogens (primary N) is 1. The molecule has 4 heterocycles. The number of aliphatic hydroxyl groups excluding tert-OH is 5. The minimum atomic E-state index is -5.84. The molecule has 0 aliphatic carbocycles. The van der Waals surface area contributed by atoms with E-state index < -0.39 is 88.2 Å². The molecule has 2 aromatic heterocycles. The van der Waals surface area contributed by atoms with Gasteiger partial charge in [-0.1, -0.05) is 0 Å². The van der Waals surface area contributed by atoms with Gasteiger partial charge in [0.15, 0.2) is 17.4 Å². The highest BCUT2D eigenvalue weighted by molar-refractivity contribution is 7.61. The van der Waals surface area contributed by atoms with Gasteiger partial charge in [-0.2, -0.15) is 14.2 Å². The fraction of sp³-hybridized carbons (Fsp3) is 0.688. The van der Waals surface area contributed by atoms with Crippen molar-refractivity contribution in [3.8, 4) is 0 Å². The molecule has 0 saturated carbocycles. The first kappa shape index (κ1) is 31.9. The fourth-order valence-electron chi connectivity index (χ4n) is 4.26. The molecule has 2 saturated heterocycles. The van der Waals surface area contributed by atoms with Crippen LogP contribution in [0.15, 0.2) is 11.1 Å². The van der Waals surface area contributed by atoms with Crippen LogP contribution in [0.4, 0.5) is 5.95 Å². The van der Waals surface area contributed by atoms with Gasteiger partial charge in [-0.05, 0) is 0 Å². The summed E-state index contributed by atoms with van der Waals surface area (Å²) in [5.74, 6) is -4.39. The van der Waals surface area contributed by atoms with E-state index in [0.29, 0.717) is 7.11 Å². The lowest BCUT2D eigenvalue weighted by molar-refractivity contribution is -0.553. The van der Waals surface area contributed by atoms with Gasteiger partial charge < -0.3 is 60.7 Å². The van der Waals surface area contributed by atoms with Gasteiger partial charge in [0.05, 0.1) is 12.9 Å². The number of anilines is 1. The maximum Gasteiger partial charge on any atom is 0.508 e. The molecular formula is C16H25N5O18P2. The number of nitrogens with zero attached hydrogens (tertiary/aromatic N) is 3. The Morgan fingerprint density at radius 1 is 1.15 bits per heavy atom. The second kappa shape index (κ2) is 10.9. The topological polar surface area (TPSA) is 361 Å². The zero-order valence-corrected chi connectivity index (χ0v) is 22.1. The molecule has 23 nitrogen and oxygen atoms in total. The largest absolute Gasteiger partial charge is 0.508 e. The Hall–Kier alpha value is -1.99. The van der Waals surface area contributed by atoms with Gasteiger partial charge in [-0.15, -0.1) is 4.67 Å². The number of phosphoric ester groups is 1. The summed E-state index contributed by atoms with van der Waals surface area (Å²) in [5, 5.41) is 74.8. The zero-order chi connectivity index (χ0) is 30.7. The van der Waals surface area contributed by atoms with Crippen molar-refractivity contribution in [2.45, 2.75) is 54.4 Å². The quantitative estimate of drug-likeness (QED) is 0.0529. The van der Waals surface area contributed by atoms with Crippen molar-refractivity contribution >= 4 is 32.8 Å². The number of phosphoric acid groups is 2. The average molecular weight is 637 g/mol. The standard InChI is InChI=1S/C16H25N5O18P2/c1-34-40(30,31)39-41(32,33)38-37-16(29)15(28,9(26)6(23)4(2-22)36-16)10-7(24)8(25)13(35-10)21-3-18-5-11(21)19-14(17)20-12(5)27/h3-4,6-10,13,22-26,28-29H,2H2,1H3,(H,30,31)(H,32,33)(H3,17,19,20,27)/t4-,6+,7?,8?,9+,10?,13?,15-,16-/m1/s1. The van der Waals surface area contributed by atoms with Gasteiger partial charge in [0.25, 0.3) is 5.56 Å². The van der Waals surface area contributed by atoms with E-state index in [1.54, 1.807) is 0 Å². The van der Waals surface area contributed by atoms with E-state index >= 15 is 0 Å². The van der Waals surface area contributed by atoms with Crippen molar-refractivity contribution in [2.75, 3.05) is 19.5 Å². The number of aromatic nitrogens is 4. The van der Waals surface area contributed by atoms with Crippen LogP contribution in [0.1, 0.15) is 6.23 Å². The summed E-state index contributed by atoms with van der Waals surface area (Å²) in [6.45, 7) is -1.19. The Labute approximate surface area is 226 Å². The monoisotopic (exact) mass is 637 g/mol. The van der Waals surface area contributed by atoms with Gasteiger partial charge in [0, 0.05) is 7.11 Å². The lowest BCUT2D eigenvalue weighted by Crippen LogP contribution is -2.79. The van der Waals surface area contributed by atoms with Crippen LogP contribution in [-0.4, -0.2) is 127 Å². The number of rotatable bonds is 9. The zero-order valence-electron chi connectivity index (χ0n) is 20.3. The highest BCUT2D eigenvalue weighted by Gasteiger charge is 2.73. The van der Waals surface area contributed by atoms with Crippen molar-refractivity contribution < 1.29 is 82.5 Å². The molecule has 4 rings (SSSR count). The molecular weight excluding hydrogens is 612 g/mol. The fourth-order valence-corrected chi connectivity index (χ4v) is 5.87. The molecule has 0 radical (unpaired) electrons. The van der Waals surface area contributed by atoms with E-state index in [2.05, 4.69) is 33.3 Å². The van der Waals surface area contributed by atoms with E-state index in [1.165, 1.54) is 0 Å². The number of hydrogen-bond donors (Lipinski definition) is 11. The van der Waals surface area contributed by atoms with Crippen LogP contribution in [0.2, 0.25) is 0 Å². The molecule has 0 aromatic carbocycles. The number of aliphatic hydroxyl groups is 7. The number of aromatic amines is 1. The summed E-state index contributed by atoms with van der Waals surface area (Å²) in [6.07, 6.45) is -14.9. The highest BCUT2D eigenvalue weighted by atomic mass is 31.3. The van der Waals surface area contributed by atoms with E-state index in [0.717, 1.165) is 10.9 Å². The maximum absolute atomic E-state index is 12.1. The third kappa shape index (κ3) is 5.46. The Morgan fingerprint density at radius 2 is 1.80 bits per heavy atom. The van der Waals surface area contributed by atoms with Crippen molar-refractivity contribution in [2.24, 2.45) is 0 Å². The second-order valence-electron chi connectivity index (χ2n) is 8.74. The van der Waals surface area contributed by atoms with Gasteiger partial charge in [-0.3, -0.25) is 18.9 Å². The predicted octanol–water partition coefficient (Wildman–Crippen LogP) is -5.38. The highest BCUT2D eigenvalue weighted by Crippen LogP contribution is 2.61. The van der Waals surface area contributed by atoms with E-state index in [-0.39, 0.29) is 11.2 Å². The summed E-state index contributed by atoms with van der Waals surface area (Å²) >= 11 is 0. The molecule has 0 spiro atoms. The summed E-state index contributed by atoms with van der Waals surface area (Å²) in [4.78, 5) is 45.2. The lowest BCUT2D eigenvalue weighted by atomic mass is 9.78. The first-order chi connectivity index (χ1) is 18.9. The Kier molecular flexibility index (Phi) is 8.52. The molecule has 0 amide bonds. The molecule has 12 N–H and O–H groups in total. The summed E-state index contributed by atoms with van der Waals surface area (Å²) in [5.41, 5.74) is 0.428. The Bertz CT molecular complexity index is 1440. The van der Waals surface area contributed by atoms with E-state index in [4.69, 9.17) is 15.2 Å². The SMILES string of the molecule is COP(=O)(O)OP(=O)(O)OO[C@]1(O)O[C@H](CO)[C@H](O)[C@H](O)[C@@]1(O)C1OC(n2cnc3c(=O)[nH]c(N)nc32)C(O)C1O. The van der Waals surface area contributed by atoms with Crippen LogP contribution in [0.25, 0.3) is 11.2 Å². The van der Waals surface area contributed by atoms with Gasteiger partial charge in [0.2, 0.25) is 11.5 Å². The van der Waals surface area contributed by atoms with Crippen molar-refractivity contribution in [1.29, 1.82) is 0 Å². The number of nitrogen functional groups attached to an aromatic ring is 1. The third-order valence-electron chi connectivity index (χ3n) is 6.23. The normalized spacial score (nSPS) is 39.0. The molecule has 2 aliphatic heterocycles. The molecule has 0 bridgehead atoms. The molecule has 6 unspecified atom stereocenters. The molecule has 2 aliphatic rings. The number of hydrogen-bond acceptors (Lipinski definition) is 19. The Balaban J connectivity index is 1.73. The molecule has 25 heteroatoms. The van der Waals surface area contributed by atoms with Crippen molar-refractivity contribution in [3.05, 3.63) is 16.7 Å². The first-order valence-electron chi connectivity index (χ1n) is 11.0. The number of imidazole rings is 1. The van der Waals surface area contributed by atoms with Crippen LogP contribution in [0.5, 0.6) is 0 Å². The van der Waals surface area contributed by atoms with Crippen LogP contribution in [-0.2, 0) is 37.0 Å². The van der Waals surface area contributed by atoms with Crippen LogP contribution < -0.4 is 11.3 Å². The summed E-state index contributed by atoms with van der Waals surface area (Å²) in [6, 6.07) is 0. The predicted molar refractivity (Wildman–Crippen MR) is 122 cm³/mol. The molecule has 41 heavy (non-hydrogen) atoms. The summed E-state index contributed by atoms with van der Waals surface area (Å²) < 4.78 is 46.6. The minimum Gasteiger partial charge on any atom is -0.394 e. The lowest BCUT2D eigenvalue weighted by Gasteiger charge is -2.53. The van der Waals surface area contributed by atoms with Gasteiger partial charge in [-0.25, -0.2) is 14.1 Å². The van der Waals surface area contributed by atoms with Gasteiger partial charge in [0.1, 0.15) is 36.6 Å². The van der Waals surface area contributed by atoms with Crippen LogP contribution >= 0.6 is 15.6 Å². The average Bonchev–Trinajstić information content (AvgIpc) is 3.44. The first-order valence-corrected chi connectivity index (χ1v) is 14.0. The van der Waals surface area contributed by atoms with E-state index in [1.807, 2.05) is 0 Å². The van der Waals surface area contributed by atoms with Crippen LogP contribution in [0.3, 0.4) is 0 Å². The van der Waals surface area contributed by atoms with Crippen LogP contribution in [0, 0.1) is 0 Å². The van der Waals surface area contributed by atoms with Crippen molar-refractivity contribution in [3.63, 3.8) is 0 Å². The number of fused-ring (bicyclic) bond motifs is 1. The Morgan fingerprint density at radius 3 is 2.41 bits per heavy atom. The molecule has 232 valence electrons. The van der Waals surface area contributed by atoms with Crippen molar-refractivity contribution in [1.82, 2.24) is 19.5 Å². The third-order valence-corrected chi connectivity index (χ3v) is 8.61. The van der Waals surface area contributed by atoms with Gasteiger partial charge >= 0.3 is 21.6 Å². The molecule has 2 fully saturated rings. The summed E-state index contributed by atoms with van der Waals surface area (Å²) in [7, 11) is -10.5. The van der Waals surface area contributed by atoms with E-state index in [9.17, 15) is 59.5 Å². The second-order valence-corrected chi connectivity index (χ2v) is 11.8. The minimum absolute atomic E-state index is 0.296. The molecule has 2 aromatic rings. The number of H-pyrrole nitrogens is 1. The number of ether oxygens (including phenoxy) is 2. The smallest absolute Gasteiger partial charge is 0.394 e. The number of nitrogens with one attached hydrogen (secondary N) is 1. The molecule has 11 atom stereocenters. The maximum atomic E-state index is 12.1.